The molecule has 1 saturated carbocycles. The van der Waals surface area contributed by atoms with Crippen LogP contribution in [0.25, 0.3) is 33.0 Å². The van der Waals surface area contributed by atoms with E-state index in [0.29, 0.717) is 11.5 Å². The Balaban J connectivity index is 1.40. The molecule has 3 nitrogen and oxygen atoms in total. The van der Waals surface area contributed by atoms with Crippen molar-refractivity contribution in [2.24, 2.45) is 5.92 Å². The lowest BCUT2D eigenvalue weighted by Gasteiger charge is -2.23. The summed E-state index contributed by atoms with van der Waals surface area (Å²) in [7, 11) is 0. The molecule has 0 bridgehead atoms. The summed E-state index contributed by atoms with van der Waals surface area (Å²) in [4.78, 5) is 11.9. The number of halogens is 3. The zero-order valence-corrected chi connectivity index (χ0v) is 19.4. The number of hydrogen-bond acceptors (Lipinski definition) is 2. The van der Waals surface area contributed by atoms with Crippen molar-refractivity contribution in [3.05, 3.63) is 95.6 Å². The minimum Gasteiger partial charge on any atom is -0.478 e. The normalized spacial score (nSPS) is 21.2. The van der Waals surface area contributed by atoms with Crippen LogP contribution in [0.5, 0.6) is 0 Å². The zero-order valence-electron chi connectivity index (χ0n) is 19.4. The predicted molar refractivity (Wildman–Crippen MR) is 134 cm³/mol. The van der Waals surface area contributed by atoms with Crippen molar-refractivity contribution >= 4 is 16.7 Å². The molecule has 0 aromatic heterocycles. The minimum atomic E-state index is -4.39. The van der Waals surface area contributed by atoms with E-state index in [1.54, 1.807) is 12.1 Å². The van der Waals surface area contributed by atoms with Crippen LogP contribution >= 0.6 is 0 Å². The van der Waals surface area contributed by atoms with E-state index in [4.69, 9.17) is 0 Å². The Morgan fingerprint density at radius 2 is 1.58 bits per heavy atom. The number of nitrogens with one attached hydrogen (secondary N) is 1. The standard InChI is InChI=1S/C30H24F3NO2/c31-30(32,33)24-8-1-18(2-9-24)20-5-10-26-21(13-20)14-22(28(35)36)15-27(26)19-3-6-23(7-4-19)29-11-12-34-17-25(29)16-29/h1-10,13-15,25,34H,11-12,16-17H2,(H,35,36). The second-order valence-corrected chi connectivity index (χ2v) is 9.93. The molecule has 2 atom stereocenters. The second kappa shape index (κ2) is 8.20. The second-order valence-electron chi connectivity index (χ2n) is 9.93. The number of rotatable bonds is 4. The predicted octanol–water partition coefficient (Wildman–Crippen LogP) is 7.14. The Labute approximate surface area is 206 Å². The SMILES string of the molecule is O=C(O)c1cc(-c2ccc(C34CCNCC3C4)cc2)c2ccc(-c3ccc(C(F)(F)F)cc3)cc2c1. The van der Waals surface area contributed by atoms with Gasteiger partial charge in [0.1, 0.15) is 0 Å². The summed E-state index contributed by atoms with van der Waals surface area (Å²) < 4.78 is 38.9. The highest BCUT2D eigenvalue weighted by atomic mass is 19.4. The van der Waals surface area contributed by atoms with Gasteiger partial charge in [0, 0.05) is 5.41 Å². The fourth-order valence-corrected chi connectivity index (χ4v) is 5.79. The van der Waals surface area contributed by atoms with Crippen LogP contribution in [-0.4, -0.2) is 24.2 Å². The summed E-state index contributed by atoms with van der Waals surface area (Å²) in [5.74, 6) is -0.332. The maximum absolute atomic E-state index is 13.0. The lowest BCUT2D eigenvalue weighted by Crippen LogP contribution is -2.31. The van der Waals surface area contributed by atoms with Gasteiger partial charge in [0.2, 0.25) is 0 Å². The van der Waals surface area contributed by atoms with Crippen molar-refractivity contribution in [3.63, 3.8) is 0 Å². The Hall–Kier alpha value is -3.64. The third-order valence-corrected chi connectivity index (χ3v) is 7.89. The first kappa shape index (κ1) is 22.8. The number of alkyl halides is 3. The summed E-state index contributed by atoms with van der Waals surface area (Å²) in [5.41, 5.74) is 4.23. The van der Waals surface area contributed by atoms with Gasteiger partial charge in [-0.3, -0.25) is 0 Å². The molecule has 2 N–H and O–H groups in total. The molecular formula is C30H24F3NO2. The minimum absolute atomic E-state index is 0.172. The molecule has 2 aliphatic rings. The molecule has 4 aromatic rings. The van der Waals surface area contributed by atoms with E-state index < -0.39 is 17.7 Å². The molecule has 0 amide bonds. The molecule has 2 fully saturated rings. The van der Waals surface area contributed by atoms with Gasteiger partial charge in [0.05, 0.1) is 11.1 Å². The number of piperidine rings is 1. The van der Waals surface area contributed by atoms with E-state index >= 15 is 0 Å². The van der Waals surface area contributed by atoms with Gasteiger partial charge in [-0.1, -0.05) is 48.5 Å². The van der Waals surface area contributed by atoms with Gasteiger partial charge in [-0.25, -0.2) is 4.79 Å². The van der Waals surface area contributed by atoms with Gasteiger partial charge >= 0.3 is 12.1 Å². The maximum Gasteiger partial charge on any atom is 0.416 e. The van der Waals surface area contributed by atoms with Crippen LogP contribution in [0.4, 0.5) is 13.2 Å². The third kappa shape index (κ3) is 3.86. The first-order valence-electron chi connectivity index (χ1n) is 12.0. The molecular weight excluding hydrogens is 463 g/mol. The van der Waals surface area contributed by atoms with E-state index in [2.05, 4.69) is 29.6 Å². The zero-order chi connectivity index (χ0) is 25.1. The van der Waals surface area contributed by atoms with Crippen LogP contribution < -0.4 is 5.32 Å². The van der Waals surface area contributed by atoms with Gasteiger partial charge in [0.25, 0.3) is 0 Å². The molecule has 36 heavy (non-hydrogen) atoms. The van der Waals surface area contributed by atoms with E-state index in [1.165, 1.54) is 24.1 Å². The molecule has 0 radical (unpaired) electrons. The molecule has 2 unspecified atom stereocenters. The van der Waals surface area contributed by atoms with Crippen LogP contribution in [-0.2, 0) is 11.6 Å². The van der Waals surface area contributed by atoms with Gasteiger partial charge in [-0.2, -0.15) is 13.2 Å². The van der Waals surface area contributed by atoms with Gasteiger partial charge in [-0.05, 0) is 101 Å². The van der Waals surface area contributed by atoms with E-state index in [9.17, 15) is 23.1 Å². The molecule has 1 saturated heterocycles. The number of carbonyl (C=O) groups is 1. The van der Waals surface area contributed by atoms with Gasteiger partial charge in [-0.15, -0.1) is 0 Å². The highest BCUT2D eigenvalue weighted by molar-refractivity contribution is 6.04. The monoisotopic (exact) mass is 487 g/mol. The van der Waals surface area contributed by atoms with Crippen LogP contribution in [0.1, 0.15) is 34.3 Å². The quantitative estimate of drug-likeness (QED) is 0.322. The highest BCUT2D eigenvalue weighted by Gasteiger charge is 2.55. The molecule has 1 aliphatic heterocycles. The van der Waals surface area contributed by atoms with Crippen LogP contribution in [0, 0.1) is 5.92 Å². The number of hydrogen-bond donors (Lipinski definition) is 2. The molecule has 6 rings (SSSR count). The lowest BCUT2D eigenvalue weighted by atomic mass is 9.86. The van der Waals surface area contributed by atoms with Gasteiger partial charge < -0.3 is 10.4 Å². The first-order valence-corrected chi connectivity index (χ1v) is 12.0. The fraction of sp³-hybridized carbons (Fsp3) is 0.233. The van der Waals surface area contributed by atoms with Crippen molar-refractivity contribution in [2.75, 3.05) is 13.1 Å². The Morgan fingerprint density at radius 3 is 2.25 bits per heavy atom. The molecule has 1 heterocycles. The molecule has 1 aliphatic carbocycles. The van der Waals surface area contributed by atoms with Crippen molar-refractivity contribution in [1.29, 1.82) is 0 Å². The van der Waals surface area contributed by atoms with Crippen molar-refractivity contribution in [3.8, 4) is 22.3 Å². The summed E-state index contributed by atoms with van der Waals surface area (Å²) in [5, 5.41) is 14.8. The summed E-state index contributed by atoms with van der Waals surface area (Å²) in [6, 6.07) is 22.4. The lowest BCUT2D eigenvalue weighted by molar-refractivity contribution is -0.137. The van der Waals surface area contributed by atoms with Crippen LogP contribution in [0.15, 0.2) is 78.9 Å². The van der Waals surface area contributed by atoms with E-state index in [0.717, 1.165) is 59.1 Å². The Kier molecular flexibility index (Phi) is 5.20. The number of carboxylic acid groups (broad SMARTS) is 1. The topological polar surface area (TPSA) is 49.3 Å². The average molecular weight is 488 g/mol. The largest absolute Gasteiger partial charge is 0.478 e. The Bertz CT molecular complexity index is 1480. The number of aromatic carboxylic acids is 1. The van der Waals surface area contributed by atoms with E-state index in [-0.39, 0.29) is 11.0 Å². The Morgan fingerprint density at radius 1 is 0.889 bits per heavy atom. The van der Waals surface area contributed by atoms with Crippen LogP contribution in [0.2, 0.25) is 0 Å². The van der Waals surface area contributed by atoms with Crippen LogP contribution in [0.3, 0.4) is 0 Å². The van der Waals surface area contributed by atoms with E-state index in [1.807, 2.05) is 18.2 Å². The molecule has 182 valence electrons. The smallest absolute Gasteiger partial charge is 0.416 e. The summed E-state index contributed by atoms with van der Waals surface area (Å²) in [6.07, 6.45) is -2.04. The molecule has 0 spiro atoms. The summed E-state index contributed by atoms with van der Waals surface area (Å²) in [6.45, 7) is 2.10. The number of fused-ring (bicyclic) bond motifs is 2. The van der Waals surface area contributed by atoms with Crippen molar-refractivity contribution < 1.29 is 23.1 Å². The molecule has 4 aromatic carbocycles. The number of carboxylic acids is 1. The number of benzene rings is 4. The first-order chi connectivity index (χ1) is 17.2. The third-order valence-electron chi connectivity index (χ3n) is 7.89. The summed E-state index contributed by atoms with van der Waals surface area (Å²) >= 11 is 0. The van der Waals surface area contributed by atoms with Crippen molar-refractivity contribution in [2.45, 2.75) is 24.4 Å². The van der Waals surface area contributed by atoms with Crippen molar-refractivity contribution in [1.82, 2.24) is 5.32 Å². The maximum atomic E-state index is 13.0. The fourth-order valence-electron chi connectivity index (χ4n) is 5.79. The van der Waals surface area contributed by atoms with Gasteiger partial charge in [0.15, 0.2) is 0 Å². The average Bonchev–Trinajstić information content (AvgIpc) is 3.63. The molecule has 6 heteroatoms. The highest BCUT2D eigenvalue weighted by Crippen LogP contribution is 2.57.